The van der Waals surface area contributed by atoms with Gasteiger partial charge in [-0.15, -0.1) is 11.3 Å². The van der Waals surface area contributed by atoms with Gasteiger partial charge in [0.05, 0.1) is 10.7 Å². The highest BCUT2D eigenvalue weighted by Gasteiger charge is 2.35. The molecule has 2 aliphatic rings. The number of amides is 2. The summed E-state index contributed by atoms with van der Waals surface area (Å²) in [7, 11) is 0. The van der Waals surface area contributed by atoms with Gasteiger partial charge in [-0.05, 0) is 76.6 Å². The van der Waals surface area contributed by atoms with Crippen molar-refractivity contribution in [2.24, 2.45) is 5.92 Å². The Kier molecular flexibility index (Phi) is 9.20. The van der Waals surface area contributed by atoms with Crippen LogP contribution in [-0.2, 0) is 9.59 Å². The quantitative estimate of drug-likeness (QED) is 0.255. The number of anilines is 2. The molecule has 1 aliphatic carbocycles. The molecule has 40 heavy (non-hydrogen) atoms. The number of para-hydroxylation sites is 1. The lowest BCUT2D eigenvalue weighted by Crippen LogP contribution is -2.42. The van der Waals surface area contributed by atoms with Gasteiger partial charge in [0.1, 0.15) is 0 Å². The van der Waals surface area contributed by atoms with E-state index in [-0.39, 0.29) is 30.7 Å². The van der Waals surface area contributed by atoms with Crippen LogP contribution in [0.25, 0.3) is 11.3 Å². The van der Waals surface area contributed by atoms with Crippen molar-refractivity contribution in [2.45, 2.75) is 71.3 Å². The van der Waals surface area contributed by atoms with Crippen molar-refractivity contribution >= 4 is 34.5 Å². The van der Waals surface area contributed by atoms with Crippen LogP contribution in [0.1, 0.15) is 70.2 Å². The molecular formula is C33H42N4O2S. The lowest BCUT2D eigenvalue weighted by Gasteiger charge is -2.32. The predicted molar refractivity (Wildman–Crippen MR) is 165 cm³/mol. The normalized spacial score (nSPS) is 16.5. The Balaban J connectivity index is 1.12. The molecule has 0 bridgehead atoms. The largest absolute Gasteiger partial charge is 0.372 e. The lowest BCUT2D eigenvalue weighted by atomic mass is 9.97. The smallest absolute Gasteiger partial charge is 0.227 e. The van der Waals surface area contributed by atoms with Crippen LogP contribution in [0, 0.1) is 5.92 Å². The van der Waals surface area contributed by atoms with Crippen molar-refractivity contribution in [2.75, 3.05) is 36.0 Å². The molecule has 1 aromatic heterocycles. The van der Waals surface area contributed by atoms with E-state index in [0.29, 0.717) is 11.8 Å². The first kappa shape index (κ1) is 28.3. The zero-order chi connectivity index (χ0) is 28.1. The molecule has 2 fully saturated rings. The predicted octanol–water partition coefficient (Wildman–Crippen LogP) is 6.97. The van der Waals surface area contributed by atoms with Crippen LogP contribution in [0.2, 0.25) is 0 Å². The number of carbonyl (C=O) groups excluding carboxylic acids is 2. The molecule has 212 valence electrons. The number of thiazole rings is 1. The lowest BCUT2D eigenvalue weighted by molar-refractivity contribution is -0.134. The molecule has 2 amide bonds. The third-order valence-corrected chi connectivity index (χ3v) is 9.59. The summed E-state index contributed by atoms with van der Waals surface area (Å²) >= 11 is 1.73. The molecule has 5 rings (SSSR count). The van der Waals surface area contributed by atoms with Crippen molar-refractivity contribution in [1.82, 2.24) is 9.88 Å². The van der Waals surface area contributed by atoms with Gasteiger partial charge in [-0.1, -0.05) is 30.3 Å². The van der Waals surface area contributed by atoms with E-state index in [1.165, 1.54) is 18.5 Å². The Hall–Kier alpha value is -3.19. The van der Waals surface area contributed by atoms with E-state index in [9.17, 15) is 9.59 Å². The number of aromatic nitrogens is 1. The number of nitrogens with zero attached hydrogens (tertiary/aromatic N) is 4. The zero-order valence-electron chi connectivity index (χ0n) is 24.1. The maximum absolute atomic E-state index is 13.3. The standard InChI is InChI=1S/C33H42N4O2S/c1-4-35(5-2)28-15-13-26(14-16-28)30-23-40-33(34-30)27-19-21-36(22-20-27)31(38)17-18-32(39)37(24(3)25-11-12-25)29-9-7-6-8-10-29/h6-10,13-16,23-25,27H,4-5,11-12,17-22H2,1-3H3. The van der Waals surface area contributed by atoms with Gasteiger partial charge in [-0.3, -0.25) is 9.59 Å². The Labute approximate surface area is 243 Å². The molecule has 0 N–H and O–H groups in total. The first-order chi connectivity index (χ1) is 19.5. The van der Waals surface area contributed by atoms with Crippen LogP contribution in [0.3, 0.4) is 0 Å². The number of hydrogen-bond acceptors (Lipinski definition) is 5. The monoisotopic (exact) mass is 558 g/mol. The third-order valence-electron chi connectivity index (χ3n) is 8.58. The highest BCUT2D eigenvalue weighted by Crippen LogP contribution is 2.37. The van der Waals surface area contributed by atoms with E-state index < -0.39 is 0 Å². The molecule has 1 saturated heterocycles. The highest BCUT2D eigenvalue weighted by atomic mass is 32.1. The van der Waals surface area contributed by atoms with Crippen LogP contribution in [0.4, 0.5) is 11.4 Å². The number of rotatable bonds is 11. The van der Waals surface area contributed by atoms with Crippen molar-refractivity contribution in [3.63, 3.8) is 0 Å². The van der Waals surface area contributed by atoms with Crippen LogP contribution in [0.5, 0.6) is 0 Å². The Morgan fingerprint density at radius 3 is 2.23 bits per heavy atom. The van der Waals surface area contributed by atoms with E-state index in [2.05, 4.69) is 55.3 Å². The molecule has 7 heteroatoms. The molecule has 2 heterocycles. The second kappa shape index (κ2) is 13.0. The minimum Gasteiger partial charge on any atom is -0.372 e. The van der Waals surface area contributed by atoms with E-state index in [1.807, 2.05) is 40.1 Å². The fourth-order valence-electron chi connectivity index (χ4n) is 5.89. The topological polar surface area (TPSA) is 56.8 Å². The number of carbonyl (C=O) groups is 2. The van der Waals surface area contributed by atoms with Crippen LogP contribution >= 0.6 is 11.3 Å². The fraction of sp³-hybridized carbons (Fsp3) is 0.485. The fourth-order valence-corrected chi connectivity index (χ4v) is 6.89. The minimum absolute atomic E-state index is 0.0503. The van der Waals surface area contributed by atoms with Gasteiger partial charge in [0.2, 0.25) is 11.8 Å². The summed E-state index contributed by atoms with van der Waals surface area (Å²) in [4.78, 5) is 37.6. The van der Waals surface area contributed by atoms with Crippen molar-refractivity contribution < 1.29 is 9.59 Å². The van der Waals surface area contributed by atoms with Gasteiger partial charge in [-0.25, -0.2) is 4.98 Å². The van der Waals surface area contributed by atoms with Crippen molar-refractivity contribution in [3.05, 3.63) is 65.0 Å². The molecule has 1 unspecified atom stereocenters. The van der Waals surface area contributed by atoms with Gasteiger partial charge in [0.25, 0.3) is 0 Å². The number of benzene rings is 2. The van der Waals surface area contributed by atoms with Gasteiger partial charge in [0, 0.05) is 73.3 Å². The summed E-state index contributed by atoms with van der Waals surface area (Å²) in [6, 6.07) is 18.8. The highest BCUT2D eigenvalue weighted by molar-refractivity contribution is 7.10. The molecule has 0 radical (unpaired) electrons. The first-order valence-corrected chi connectivity index (χ1v) is 15.8. The Morgan fingerprint density at radius 2 is 1.60 bits per heavy atom. The SMILES string of the molecule is CCN(CC)c1ccc(-c2csc(C3CCN(C(=O)CCC(=O)N(c4ccccc4)C(C)C4CC4)CC3)n2)cc1. The molecule has 1 saturated carbocycles. The molecular weight excluding hydrogens is 516 g/mol. The average Bonchev–Trinajstić information content (AvgIpc) is 3.74. The Bertz CT molecular complexity index is 1260. The summed E-state index contributed by atoms with van der Waals surface area (Å²) in [6.07, 6.45) is 4.72. The second-order valence-corrected chi connectivity index (χ2v) is 12.0. The Morgan fingerprint density at radius 1 is 0.925 bits per heavy atom. The number of likely N-dealkylation sites (tertiary alicyclic amines) is 1. The maximum Gasteiger partial charge on any atom is 0.227 e. The summed E-state index contributed by atoms with van der Waals surface area (Å²) in [5.74, 6) is 1.09. The third kappa shape index (κ3) is 6.57. The average molecular weight is 559 g/mol. The van der Waals surface area contributed by atoms with E-state index in [0.717, 1.165) is 61.0 Å². The van der Waals surface area contributed by atoms with Crippen LogP contribution < -0.4 is 9.80 Å². The molecule has 0 spiro atoms. The maximum atomic E-state index is 13.3. The van der Waals surface area contributed by atoms with Crippen molar-refractivity contribution in [1.29, 1.82) is 0 Å². The minimum atomic E-state index is 0.0503. The van der Waals surface area contributed by atoms with Gasteiger partial charge >= 0.3 is 0 Å². The molecule has 2 aromatic carbocycles. The molecule has 1 aliphatic heterocycles. The first-order valence-electron chi connectivity index (χ1n) is 14.9. The van der Waals surface area contributed by atoms with Gasteiger partial charge < -0.3 is 14.7 Å². The number of hydrogen-bond donors (Lipinski definition) is 0. The van der Waals surface area contributed by atoms with Crippen LogP contribution in [0.15, 0.2) is 60.0 Å². The second-order valence-electron chi connectivity index (χ2n) is 11.1. The van der Waals surface area contributed by atoms with Crippen molar-refractivity contribution in [3.8, 4) is 11.3 Å². The molecule has 6 nitrogen and oxygen atoms in total. The molecule has 1 atom stereocenters. The molecule has 3 aromatic rings. The number of piperidine rings is 1. The zero-order valence-corrected chi connectivity index (χ0v) is 24.9. The summed E-state index contributed by atoms with van der Waals surface area (Å²) in [5.41, 5.74) is 4.36. The van der Waals surface area contributed by atoms with Gasteiger partial charge in [0.15, 0.2) is 0 Å². The van der Waals surface area contributed by atoms with E-state index in [4.69, 9.17) is 4.98 Å². The summed E-state index contributed by atoms with van der Waals surface area (Å²) < 4.78 is 0. The summed E-state index contributed by atoms with van der Waals surface area (Å²) in [6.45, 7) is 9.95. The van der Waals surface area contributed by atoms with Gasteiger partial charge in [-0.2, -0.15) is 0 Å². The summed E-state index contributed by atoms with van der Waals surface area (Å²) in [5, 5.41) is 3.32. The van der Waals surface area contributed by atoms with Crippen LogP contribution in [-0.4, -0.2) is 53.9 Å². The van der Waals surface area contributed by atoms with E-state index >= 15 is 0 Å². The van der Waals surface area contributed by atoms with E-state index in [1.54, 1.807) is 11.3 Å².